The Kier molecular flexibility index (Phi) is 5.70. The molecule has 6 nitrogen and oxygen atoms in total. The van der Waals surface area contributed by atoms with Gasteiger partial charge in [0.05, 0.1) is 19.1 Å². The molecule has 0 fully saturated rings. The molecule has 3 rings (SSSR count). The maximum atomic E-state index is 12.6. The van der Waals surface area contributed by atoms with Gasteiger partial charge in [0.2, 0.25) is 5.88 Å². The minimum atomic E-state index is -0.536. The van der Waals surface area contributed by atoms with E-state index in [2.05, 4.69) is 6.07 Å². The third kappa shape index (κ3) is 3.63. The van der Waals surface area contributed by atoms with Crippen molar-refractivity contribution >= 4 is 5.78 Å². The predicted molar refractivity (Wildman–Crippen MR) is 99.9 cm³/mol. The molecule has 0 aromatic heterocycles. The lowest BCUT2D eigenvalue weighted by atomic mass is 9.77. The van der Waals surface area contributed by atoms with Gasteiger partial charge in [0, 0.05) is 18.4 Å². The normalized spacial score (nSPS) is 19.3. The third-order valence-corrected chi connectivity index (χ3v) is 4.67. The number of allylic oxidation sites excluding steroid dienone is 3. The molecule has 0 amide bonds. The van der Waals surface area contributed by atoms with Crippen LogP contribution in [0.5, 0.6) is 11.5 Å². The first-order valence-electron chi connectivity index (χ1n) is 9.34. The molecule has 142 valence electrons. The zero-order valence-electron chi connectivity index (χ0n) is 15.7. The van der Waals surface area contributed by atoms with Gasteiger partial charge in [-0.05, 0) is 37.5 Å². The van der Waals surface area contributed by atoms with Crippen molar-refractivity contribution in [3.05, 3.63) is 46.6 Å². The first-order valence-corrected chi connectivity index (χ1v) is 9.34. The van der Waals surface area contributed by atoms with Crippen LogP contribution >= 0.6 is 0 Å². The van der Waals surface area contributed by atoms with Crippen molar-refractivity contribution in [2.45, 2.75) is 45.4 Å². The Hall–Kier alpha value is -2.94. The Labute approximate surface area is 159 Å². The molecule has 27 heavy (non-hydrogen) atoms. The highest BCUT2D eigenvalue weighted by atomic mass is 16.5. The first kappa shape index (κ1) is 18.8. The van der Waals surface area contributed by atoms with Crippen LogP contribution in [0.1, 0.15) is 51.0 Å². The van der Waals surface area contributed by atoms with Crippen molar-refractivity contribution in [2.24, 2.45) is 5.73 Å². The summed E-state index contributed by atoms with van der Waals surface area (Å²) in [5.41, 5.74) is 7.56. The molecule has 2 N–H and O–H groups in total. The molecule has 1 atom stereocenters. The van der Waals surface area contributed by atoms with Crippen LogP contribution in [0.2, 0.25) is 0 Å². The van der Waals surface area contributed by atoms with Crippen LogP contribution in [0.3, 0.4) is 0 Å². The van der Waals surface area contributed by atoms with E-state index in [1.807, 2.05) is 32.0 Å². The van der Waals surface area contributed by atoms with Gasteiger partial charge in [-0.1, -0.05) is 13.0 Å². The maximum absolute atomic E-state index is 12.6. The van der Waals surface area contributed by atoms with E-state index < -0.39 is 5.92 Å². The average molecular weight is 368 g/mol. The van der Waals surface area contributed by atoms with Crippen LogP contribution in [0.4, 0.5) is 0 Å². The second kappa shape index (κ2) is 8.17. The van der Waals surface area contributed by atoms with E-state index in [1.165, 1.54) is 0 Å². The minimum absolute atomic E-state index is 0.00534. The van der Waals surface area contributed by atoms with E-state index in [9.17, 15) is 10.1 Å². The van der Waals surface area contributed by atoms with Crippen LogP contribution < -0.4 is 15.2 Å². The van der Waals surface area contributed by atoms with Gasteiger partial charge in [-0.3, -0.25) is 4.79 Å². The number of Topliss-reactive ketones (excluding diaryl/α,β-unsaturated/α-hetero) is 1. The molecule has 1 aromatic carbocycles. The zero-order chi connectivity index (χ0) is 19.4. The molecule has 1 aromatic rings. The van der Waals surface area contributed by atoms with E-state index in [1.54, 1.807) is 0 Å². The second-order valence-electron chi connectivity index (χ2n) is 6.53. The van der Waals surface area contributed by atoms with Gasteiger partial charge in [-0.15, -0.1) is 0 Å². The molecule has 2 aliphatic rings. The molecule has 1 aliphatic heterocycles. The number of nitrogens with zero attached hydrogens (tertiary/aromatic N) is 1. The minimum Gasteiger partial charge on any atom is -0.490 e. The average Bonchev–Trinajstić information content (AvgIpc) is 2.66. The van der Waals surface area contributed by atoms with Gasteiger partial charge in [0.25, 0.3) is 0 Å². The van der Waals surface area contributed by atoms with Crippen LogP contribution in [-0.2, 0) is 9.53 Å². The lowest BCUT2D eigenvalue weighted by Gasteiger charge is -2.31. The molecular weight excluding hydrogens is 344 g/mol. The largest absolute Gasteiger partial charge is 0.490 e. The molecule has 0 spiro atoms. The number of nitriles is 1. The second-order valence-corrected chi connectivity index (χ2v) is 6.53. The van der Waals surface area contributed by atoms with E-state index in [0.29, 0.717) is 48.9 Å². The van der Waals surface area contributed by atoms with E-state index in [-0.39, 0.29) is 17.2 Å². The maximum Gasteiger partial charge on any atom is 0.205 e. The van der Waals surface area contributed by atoms with Crippen LogP contribution in [0.15, 0.2) is 41.0 Å². The number of carbonyl (C=O) groups excluding carboxylic acids is 1. The van der Waals surface area contributed by atoms with Crippen molar-refractivity contribution in [3.8, 4) is 17.6 Å². The Morgan fingerprint density at radius 1 is 1.26 bits per heavy atom. The Bertz CT molecular complexity index is 848. The predicted octanol–water partition coefficient (Wildman–Crippen LogP) is 3.69. The van der Waals surface area contributed by atoms with E-state index in [4.69, 9.17) is 19.9 Å². The lowest BCUT2D eigenvalue weighted by molar-refractivity contribution is -0.116. The standard InChI is InChI=1S/C21H24N2O4/c1-3-10-26-16-9-8-13(11-18(16)25-4-2)19-14(12-22)21(23)27-17-7-5-6-15(24)20(17)19/h8-9,11,19H,3-7,10,23H2,1-2H3/t19-/m1/s1. The number of hydrogen-bond donors (Lipinski definition) is 1. The number of hydrogen-bond acceptors (Lipinski definition) is 6. The number of benzene rings is 1. The molecule has 6 heteroatoms. The van der Waals surface area contributed by atoms with Crippen LogP contribution in [0, 0.1) is 11.3 Å². The summed E-state index contributed by atoms with van der Waals surface area (Å²) >= 11 is 0. The van der Waals surface area contributed by atoms with Crippen molar-refractivity contribution in [2.75, 3.05) is 13.2 Å². The van der Waals surface area contributed by atoms with E-state index >= 15 is 0 Å². The molecule has 0 saturated heterocycles. The van der Waals surface area contributed by atoms with Gasteiger partial charge >= 0.3 is 0 Å². The Balaban J connectivity index is 2.09. The van der Waals surface area contributed by atoms with Crippen molar-refractivity contribution < 1.29 is 19.0 Å². The van der Waals surface area contributed by atoms with Crippen LogP contribution in [0.25, 0.3) is 0 Å². The number of nitrogens with two attached hydrogens (primary N) is 1. The summed E-state index contributed by atoms with van der Waals surface area (Å²) in [5, 5.41) is 9.66. The number of ether oxygens (including phenoxy) is 3. The zero-order valence-corrected chi connectivity index (χ0v) is 15.7. The quantitative estimate of drug-likeness (QED) is 0.823. The molecule has 0 bridgehead atoms. The number of ketones is 1. The summed E-state index contributed by atoms with van der Waals surface area (Å²) in [6.07, 6.45) is 2.71. The number of carbonyl (C=O) groups is 1. The molecule has 0 unspecified atom stereocenters. The summed E-state index contributed by atoms with van der Waals surface area (Å²) in [5.74, 6) is 1.36. The van der Waals surface area contributed by atoms with Crippen molar-refractivity contribution in [1.29, 1.82) is 5.26 Å². The SMILES string of the molecule is CCCOc1ccc([C@@H]2C(C#N)=C(N)OC3=C2C(=O)CCC3)cc1OCC. The third-order valence-electron chi connectivity index (χ3n) is 4.67. The fourth-order valence-corrected chi connectivity index (χ4v) is 3.49. The van der Waals surface area contributed by atoms with Gasteiger partial charge < -0.3 is 19.9 Å². The smallest absolute Gasteiger partial charge is 0.205 e. The topological polar surface area (TPSA) is 94.6 Å². The highest BCUT2D eigenvalue weighted by Crippen LogP contribution is 2.45. The summed E-state index contributed by atoms with van der Waals surface area (Å²) in [6.45, 7) is 5.00. The summed E-state index contributed by atoms with van der Waals surface area (Å²) in [7, 11) is 0. The number of rotatable bonds is 6. The van der Waals surface area contributed by atoms with Gasteiger partial charge in [0.15, 0.2) is 17.3 Å². The molecule has 0 radical (unpaired) electrons. The Morgan fingerprint density at radius 2 is 2.07 bits per heavy atom. The fraction of sp³-hybridized carbons (Fsp3) is 0.429. The molecule has 1 aliphatic carbocycles. The van der Waals surface area contributed by atoms with Crippen molar-refractivity contribution in [1.82, 2.24) is 0 Å². The fourth-order valence-electron chi connectivity index (χ4n) is 3.49. The van der Waals surface area contributed by atoms with Gasteiger partial charge in [-0.25, -0.2) is 0 Å². The summed E-state index contributed by atoms with van der Waals surface area (Å²) in [4.78, 5) is 12.6. The lowest BCUT2D eigenvalue weighted by Crippen LogP contribution is -2.27. The Morgan fingerprint density at radius 3 is 2.78 bits per heavy atom. The molecular formula is C21H24N2O4. The van der Waals surface area contributed by atoms with Crippen molar-refractivity contribution in [3.63, 3.8) is 0 Å². The molecule has 1 heterocycles. The highest BCUT2D eigenvalue weighted by molar-refractivity contribution is 5.99. The van der Waals surface area contributed by atoms with Gasteiger partial charge in [-0.2, -0.15) is 5.26 Å². The van der Waals surface area contributed by atoms with E-state index in [0.717, 1.165) is 18.4 Å². The summed E-state index contributed by atoms with van der Waals surface area (Å²) < 4.78 is 17.1. The first-order chi connectivity index (χ1) is 13.1. The molecule has 0 saturated carbocycles. The van der Waals surface area contributed by atoms with Gasteiger partial charge in [0.1, 0.15) is 17.4 Å². The van der Waals surface area contributed by atoms with Crippen LogP contribution in [-0.4, -0.2) is 19.0 Å². The highest BCUT2D eigenvalue weighted by Gasteiger charge is 2.38. The summed E-state index contributed by atoms with van der Waals surface area (Å²) in [6, 6.07) is 7.65. The monoisotopic (exact) mass is 368 g/mol.